The summed E-state index contributed by atoms with van der Waals surface area (Å²) in [5.74, 6) is 0. The lowest BCUT2D eigenvalue weighted by Crippen LogP contribution is -2.13. The molecule has 1 heterocycles. The SMILES string of the molecule is Cc1nn(-c2ccccc2)cc1S(=O)(=O)Nc1ccc(Cl)cc1Cl. The Labute approximate surface area is 149 Å². The van der Waals surface area contributed by atoms with Crippen molar-refractivity contribution in [3.05, 3.63) is 70.5 Å². The van der Waals surface area contributed by atoms with Crippen LogP contribution in [0.4, 0.5) is 5.69 Å². The maximum absolute atomic E-state index is 12.6. The van der Waals surface area contributed by atoms with Crippen LogP contribution in [0.15, 0.2) is 59.6 Å². The molecule has 0 bridgehead atoms. The van der Waals surface area contributed by atoms with Crippen molar-refractivity contribution in [3.8, 4) is 5.69 Å². The first-order valence-corrected chi connectivity index (χ1v) is 9.20. The lowest BCUT2D eigenvalue weighted by atomic mass is 10.3. The van der Waals surface area contributed by atoms with E-state index >= 15 is 0 Å². The van der Waals surface area contributed by atoms with Gasteiger partial charge in [0.15, 0.2) is 0 Å². The van der Waals surface area contributed by atoms with Crippen molar-refractivity contribution in [2.45, 2.75) is 11.8 Å². The average Bonchev–Trinajstić information content (AvgIpc) is 2.94. The molecule has 0 saturated heterocycles. The molecule has 0 unspecified atom stereocenters. The minimum Gasteiger partial charge on any atom is -0.278 e. The van der Waals surface area contributed by atoms with Crippen LogP contribution < -0.4 is 4.72 Å². The van der Waals surface area contributed by atoms with Crippen LogP contribution in [0.25, 0.3) is 5.69 Å². The summed E-state index contributed by atoms with van der Waals surface area (Å²) in [6.07, 6.45) is 1.47. The van der Waals surface area contributed by atoms with E-state index in [4.69, 9.17) is 23.2 Å². The molecule has 0 spiro atoms. The highest BCUT2D eigenvalue weighted by Crippen LogP contribution is 2.28. The summed E-state index contributed by atoms with van der Waals surface area (Å²) in [6, 6.07) is 13.8. The van der Waals surface area contributed by atoms with Gasteiger partial charge in [-0.15, -0.1) is 0 Å². The first kappa shape index (κ1) is 16.8. The van der Waals surface area contributed by atoms with Crippen molar-refractivity contribution in [2.75, 3.05) is 4.72 Å². The van der Waals surface area contributed by atoms with Gasteiger partial charge in [-0.3, -0.25) is 4.72 Å². The normalized spacial score (nSPS) is 11.5. The van der Waals surface area contributed by atoms with Gasteiger partial charge in [-0.1, -0.05) is 41.4 Å². The number of benzene rings is 2. The summed E-state index contributed by atoms with van der Waals surface area (Å²) in [5, 5.41) is 4.92. The molecule has 8 heteroatoms. The monoisotopic (exact) mass is 381 g/mol. The van der Waals surface area contributed by atoms with Gasteiger partial charge < -0.3 is 0 Å². The van der Waals surface area contributed by atoms with Crippen molar-refractivity contribution in [1.29, 1.82) is 0 Å². The Morgan fingerprint density at radius 2 is 1.79 bits per heavy atom. The highest BCUT2D eigenvalue weighted by Gasteiger charge is 2.22. The van der Waals surface area contributed by atoms with Gasteiger partial charge in [0.25, 0.3) is 10.0 Å². The Morgan fingerprint density at radius 1 is 1.08 bits per heavy atom. The van der Waals surface area contributed by atoms with Crippen LogP contribution in [-0.4, -0.2) is 18.2 Å². The molecule has 3 rings (SSSR count). The van der Waals surface area contributed by atoms with Gasteiger partial charge in [-0.25, -0.2) is 13.1 Å². The largest absolute Gasteiger partial charge is 0.278 e. The van der Waals surface area contributed by atoms with E-state index in [0.29, 0.717) is 10.7 Å². The molecule has 0 aliphatic rings. The fraction of sp³-hybridized carbons (Fsp3) is 0.0625. The molecule has 124 valence electrons. The molecule has 0 aliphatic carbocycles. The van der Waals surface area contributed by atoms with Crippen LogP contribution in [0, 0.1) is 6.92 Å². The van der Waals surface area contributed by atoms with E-state index in [9.17, 15) is 8.42 Å². The average molecular weight is 382 g/mol. The number of anilines is 1. The third-order valence-electron chi connectivity index (χ3n) is 3.34. The van der Waals surface area contributed by atoms with Crippen LogP contribution in [0.3, 0.4) is 0 Å². The quantitative estimate of drug-likeness (QED) is 0.732. The van der Waals surface area contributed by atoms with Gasteiger partial charge in [0, 0.05) is 5.02 Å². The molecule has 1 aromatic heterocycles. The van der Waals surface area contributed by atoms with E-state index in [1.165, 1.54) is 23.0 Å². The number of nitrogens with zero attached hydrogens (tertiary/aromatic N) is 2. The number of hydrogen-bond donors (Lipinski definition) is 1. The zero-order valence-corrected chi connectivity index (χ0v) is 14.9. The summed E-state index contributed by atoms with van der Waals surface area (Å²) in [4.78, 5) is 0.0809. The summed E-state index contributed by atoms with van der Waals surface area (Å²) in [5.41, 5.74) is 1.41. The van der Waals surface area contributed by atoms with Gasteiger partial charge in [0.1, 0.15) is 4.90 Å². The summed E-state index contributed by atoms with van der Waals surface area (Å²) >= 11 is 11.9. The molecule has 5 nitrogen and oxygen atoms in total. The lowest BCUT2D eigenvalue weighted by molar-refractivity contribution is 0.600. The number of halogens is 2. The second-order valence-corrected chi connectivity index (χ2v) is 7.58. The number of hydrogen-bond acceptors (Lipinski definition) is 3. The van der Waals surface area contributed by atoms with E-state index in [1.54, 1.807) is 13.0 Å². The van der Waals surface area contributed by atoms with E-state index in [-0.39, 0.29) is 15.6 Å². The number of aryl methyl sites for hydroxylation is 1. The molecule has 0 radical (unpaired) electrons. The minimum atomic E-state index is -3.83. The first-order chi connectivity index (χ1) is 11.4. The third-order valence-corrected chi connectivity index (χ3v) is 5.36. The van der Waals surface area contributed by atoms with Crippen molar-refractivity contribution in [3.63, 3.8) is 0 Å². The van der Waals surface area contributed by atoms with E-state index < -0.39 is 10.0 Å². The topological polar surface area (TPSA) is 64.0 Å². The molecular formula is C16H13Cl2N3O2S. The van der Waals surface area contributed by atoms with Crippen LogP contribution >= 0.6 is 23.2 Å². The maximum atomic E-state index is 12.6. The van der Waals surface area contributed by atoms with E-state index in [2.05, 4.69) is 9.82 Å². The fourth-order valence-corrected chi connectivity index (χ4v) is 3.95. The number of nitrogens with one attached hydrogen (secondary N) is 1. The summed E-state index contributed by atoms with van der Waals surface area (Å²) < 4.78 is 29.3. The highest BCUT2D eigenvalue weighted by molar-refractivity contribution is 7.92. The zero-order valence-electron chi connectivity index (χ0n) is 12.6. The van der Waals surface area contributed by atoms with Crippen LogP contribution in [0.5, 0.6) is 0 Å². The Morgan fingerprint density at radius 3 is 2.46 bits per heavy atom. The molecular weight excluding hydrogens is 369 g/mol. The van der Waals surface area contributed by atoms with Gasteiger partial charge >= 0.3 is 0 Å². The molecule has 0 atom stereocenters. The Hall–Kier alpha value is -2.02. The number of para-hydroxylation sites is 1. The molecule has 0 aliphatic heterocycles. The van der Waals surface area contributed by atoms with Crippen molar-refractivity contribution >= 4 is 38.9 Å². The van der Waals surface area contributed by atoms with Crippen LogP contribution in [0.1, 0.15) is 5.69 Å². The highest BCUT2D eigenvalue weighted by atomic mass is 35.5. The molecule has 0 fully saturated rings. The van der Waals surface area contributed by atoms with Crippen LogP contribution in [0.2, 0.25) is 10.0 Å². The lowest BCUT2D eigenvalue weighted by Gasteiger charge is -2.09. The molecule has 1 N–H and O–H groups in total. The molecule has 3 aromatic rings. The number of sulfonamides is 1. The third kappa shape index (κ3) is 3.40. The van der Waals surface area contributed by atoms with E-state index in [1.807, 2.05) is 30.3 Å². The molecule has 0 amide bonds. The van der Waals surface area contributed by atoms with Crippen LogP contribution in [-0.2, 0) is 10.0 Å². The molecule has 0 saturated carbocycles. The summed E-state index contributed by atoms with van der Waals surface area (Å²) in [7, 11) is -3.83. The minimum absolute atomic E-state index is 0.0809. The fourth-order valence-electron chi connectivity index (χ4n) is 2.19. The smallest absolute Gasteiger partial charge is 0.265 e. The van der Waals surface area contributed by atoms with E-state index in [0.717, 1.165) is 5.69 Å². The number of rotatable bonds is 4. The first-order valence-electron chi connectivity index (χ1n) is 6.96. The molecule has 2 aromatic carbocycles. The molecule has 24 heavy (non-hydrogen) atoms. The Kier molecular flexibility index (Phi) is 4.54. The van der Waals surface area contributed by atoms with Gasteiger partial charge in [0.2, 0.25) is 0 Å². The van der Waals surface area contributed by atoms with Gasteiger partial charge in [-0.2, -0.15) is 5.10 Å². The predicted molar refractivity (Wildman–Crippen MR) is 95.6 cm³/mol. The second kappa shape index (κ2) is 6.47. The summed E-state index contributed by atoms with van der Waals surface area (Å²) in [6.45, 7) is 1.64. The Balaban J connectivity index is 1.97. The van der Waals surface area contributed by atoms with Gasteiger partial charge in [-0.05, 0) is 37.3 Å². The second-order valence-electron chi connectivity index (χ2n) is 5.09. The zero-order chi connectivity index (χ0) is 17.3. The van der Waals surface area contributed by atoms with Crippen molar-refractivity contribution < 1.29 is 8.42 Å². The van der Waals surface area contributed by atoms with Crippen molar-refractivity contribution in [2.24, 2.45) is 0 Å². The van der Waals surface area contributed by atoms with Gasteiger partial charge in [0.05, 0.1) is 28.3 Å². The maximum Gasteiger partial charge on any atom is 0.265 e. The predicted octanol–water partition coefficient (Wildman–Crippen LogP) is 4.29. The standard InChI is InChI=1S/C16H13Cl2N3O2S/c1-11-16(10-21(19-11)13-5-3-2-4-6-13)24(22,23)20-15-8-7-12(17)9-14(15)18/h2-10,20H,1H3. The number of aromatic nitrogens is 2. The Bertz CT molecular complexity index is 986. The van der Waals surface area contributed by atoms with Crippen molar-refractivity contribution in [1.82, 2.24) is 9.78 Å².